The van der Waals surface area contributed by atoms with Crippen LogP contribution < -0.4 is 5.73 Å². The van der Waals surface area contributed by atoms with E-state index in [1.807, 2.05) is 42.2 Å². The maximum absolute atomic E-state index is 12.7. The predicted octanol–water partition coefficient (Wildman–Crippen LogP) is 2.97. The molecule has 1 aliphatic heterocycles. The van der Waals surface area contributed by atoms with Gasteiger partial charge in [0.05, 0.1) is 5.92 Å². The summed E-state index contributed by atoms with van der Waals surface area (Å²) < 4.78 is 0. The molecule has 1 aliphatic rings. The monoisotopic (exact) mass is 375 g/mol. The number of carbonyl (C=O) groups is 1. The Kier molecular flexibility index (Phi) is 10.6. The van der Waals surface area contributed by atoms with Crippen molar-refractivity contribution < 1.29 is 4.79 Å². The average molecular weight is 376 g/mol. The summed E-state index contributed by atoms with van der Waals surface area (Å²) in [6, 6.07) is 9.68. The van der Waals surface area contributed by atoms with Crippen LogP contribution in [-0.4, -0.2) is 49.4 Å². The molecule has 4 nitrogen and oxygen atoms in total. The van der Waals surface area contributed by atoms with Crippen molar-refractivity contribution in [3.8, 4) is 0 Å². The predicted molar refractivity (Wildman–Crippen MR) is 105 cm³/mol. The molecule has 2 unspecified atom stereocenters. The highest BCUT2D eigenvalue weighted by molar-refractivity contribution is 5.85. The van der Waals surface area contributed by atoms with Crippen LogP contribution in [0.3, 0.4) is 0 Å². The van der Waals surface area contributed by atoms with Gasteiger partial charge in [-0.3, -0.25) is 4.79 Å². The standard InChI is InChI=1S/C18H29N3O.2ClH/c1-14(17(19)16-7-5-4-6-8-16)18(22)21-11-9-15(10-12-21)13-20(2)3;;/h4-8,14-15,17H,9-13,19H2,1-3H3;2*1H. The molecule has 24 heavy (non-hydrogen) atoms. The molecule has 0 aromatic heterocycles. The number of nitrogens with two attached hydrogens (primary N) is 1. The molecule has 2 atom stereocenters. The Labute approximate surface area is 158 Å². The quantitative estimate of drug-likeness (QED) is 0.860. The Morgan fingerprint density at radius 1 is 1.21 bits per heavy atom. The number of benzene rings is 1. The fourth-order valence-electron chi connectivity index (χ4n) is 3.26. The molecule has 0 saturated carbocycles. The number of carbonyl (C=O) groups excluding carboxylic acids is 1. The minimum absolute atomic E-state index is 0. The van der Waals surface area contributed by atoms with Crippen molar-refractivity contribution in [2.75, 3.05) is 33.7 Å². The van der Waals surface area contributed by atoms with Crippen molar-refractivity contribution in [1.82, 2.24) is 9.80 Å². The van der Waals surface area contributed by atoms with E-state index in [4.69, 9.17) is 5.73 Å². The summed E-state index contributed by atoms with van der Waals surface area (Å²) in [6.07, 6.45) is 2.19. The van der Waals surface area contributed by atoms with Crippen molar-refractivity contribution in [3.05, 3.63) is 35.9 Å². The second-order valence-corrected chi connectivity index (χ2v) is 6.76. The second-order valence-electron chi connectivity index (χ2n) is 6.76. The molecular weight excluding hydrogens is 345 g/mol. The molecule has 1 saturated heterocycles. The molecule has 1 amide bonds. The van der Waals surface area contributed by atoms with Crippen LogP contribution in [0.4, 0.5) is 0 Å². The average Bonchev–Trinajstić information content (AvgIpc) is 2.54. The minimum atomic E-state index is -0.229. The van der Waals surface area contributed by atoms with Crippen LogP contribution in [0.2, 0.25) is 0 Å². The normalized spacial score (nSPS) is 17.6. The molecule has 1 fully saturated rings. The number of rotatable bonds is 5. The van der Waals surface area contributed by atoms with Gasteiger partial charge in [0.25, 0.3) is 0 Å². The van der Waals surface area contributed by atoms with Gasteiger partial charge in [-0.15, -0.1) is 24.8 Å². The van der Waals surface area contributed by atoms with E-state index < -0.39 is 0 Å². The molecule has 0 radical (unpaired) electrons. The van der Waals surface area contributed by atoms with E-state index in [0.717, 1.165) is 38.0 Å². The maximum Gasteiger partial charge on any atom is 0.227 e. The van der Waals surface area contributed by atoms with Crippen LogP contribution in [0.5, 0.6) is 0 Å². The third-order valence-electron chi connectivity index (χ3n) is 4.66. The fourth-order valence-corrected chi connectivity index (χ4v) is 3.26. The Balaban J connectivity index is 0.00000264. The van der Waals surface area contributed by atoms with Gasteiger partial charge in [-0.05, 0) is 38.4 Å². The zero-order valence-corrected chi connectivity index (χ0v) is 16.5. The number of piperidine rings is 1. The Morgan fingerprint density at radius 3 is 2.25 bits per heavy atom. The molecule has 1 aromatic carbocycles. The molecule has 0 aliphatic carbocycles. The van der Waals surface area contributed by atoms with Crippen LogP contribution in [0.25, 0.3) is 0 Å². The second kappa shape index (κ2) is 10.9. The van der Waals surface area contributed by atoms with Crippen molar-refractivity contribution in [2.24, 2.45) is 17.6 Å². The van der Waals surface area contributed by atoms with Gasteiger partial charge in [-0.25, -0.2) is 0 Å². The molecular formula is C18H31Cl2N3O. The van der Waals surface area contributed by atoms with Crippen molar-refractivity contribution in [2.45, 2.75) is 25.8 Å². The highest BCUT2D eigenvalue weighted by Crippen LogP contribution is 2.24. The Bertz CT molecular complexity index is 476. The molecule has 2 rings (SSSR count). The van der Waals surface area contributed by atoms with Crippen LogP contribution >= 0.6 is 24.8 Å². The van der Waals surface area contributed by atoms with Gasteiger partial charge in [0.1, 0.15) is 0 Å². The number of hydrogen-bond acceptors (Lipinski definition) is 3. The number of halogens is 2. The van der Waals surface area contributed by atoms with E-state index in [0.29, 0.717) is 5.92 Å². The number of nitrogens with zero attached hydrogens (tertiary/aromatic N) is 2. The van der Waals surface area contributed by atoms with Crippen molar-refractivity contribution in [3.63, 3.8) is 0 Å². The molecule has 0 bridgehead atoms. The lowest BCUT2D eigenvalue weighted by molar-refractivity contribution is -0.137. The van der Waals surface area contributed by atoms with E-state index in [2.05, 4.69) is 19.0 Å². The van der Waals surface area contributed by atoms with Crippen molar-refractivity contribution >= 4 is 30.7 Å². The van der Waals surface area contributed by atoms with Gasteiger partial charge in [0.2, 0.25) is 5.91 Å². The van der Waals surface area contributed by atoms with Crippen LogP contribution in [0.15, 0.2) is 30.3 Å². The first kappa shape index (κ1) is 23.2. The molecule has 1 heterocycles. The van der Waals surface area contributed by atoms with E-state index in [1.54, 1.807) is 0 Å². The highest BCUT2D eigenvalue weighted by Gasteiger charge is 2.29. The van der Waals surface area contributed by atoms with Gasteiger partial charge < -0.3 is 15.5 Å². The summed E-state index contributed by atoms with van der Waals surface area (Å²) in [5.41, 5.74) is 7.32. The Morgan fingerprint density at radius 2 is 1.75 bits per heavy atom. The minimum Gasteiger partial charge on any atom is -0.342 e. The van der Waals surface area contributed by atoms with Gasteiger partial charge in [0.15, 0.2) is 0 Å². The highest BCUT2D eigenvalue weighted by atomic mass is 35.5. The first-order chi connectivity index (χ1) is 10.5. The first-order valence-corrected chi connectivity index (χ1v) is 8.23. The van der Waals surface area contributed by atoms with Crippen molar-refractivity contribution in [1.29, 1.82) is 0 Å². The lowest BCUT2D eigenvalue weighted by atomic mass is 9.91. The Hall–Kier alpha value is -0.810. The fraction of sp³-hybridized carbons (Fsp3) is 0.611. The summed E-state index contributed by atoms with van der Waals surface area (Å²) in [5.74, 6) is 0.726. The first-order valence-electron chi connectivity index (χ1n) is 8.23. The summed E-state index contributed by atoms with van der Waals surface area (Å²) in [5, 5.41) is 0. The lowest BCUT2D eigenvalue weighted by Crippen LogP contribution is -2.44. The van der Waals surface area contributed by atoms with Crippen LogP contribution in [-0.2, 0) is 4.79 Å². The van der Waals surface area contributed by atoms with E-state index in [9.17, 15) is 4.79 Å². The van der Waals surface area contributed by atoms with E-state index in [1.165, 1.54) is 0 Å². The number of hydrogen-bond donors (Lipinski definition) is 1. The number of likely N-dealkylation sites (tertiary alicyclic amines) is 1. The van der Waals surface area contributed by atoms with E-state index in [-0.39, 0.29) is 42.7 Å². The van der Waals surface area contributed by atoms with Gasteiger partial charge in [0, 0.05) is 25.7 Å². The lowest BCUT2D eigenvalue weighted by Gasteiger charge is -2.35. The molecule has 138 valence electrons. The molecule has 1 aromatic rings. The molecule has 2 N–H and O–H groups in total. The third-order valence-corrected chi connectivity index (χ3v) is 4.66. The topological polar surface area (TPSA) is 49.6 Å². The van der Waals surface area contributed by atoms with Gasteiger partial charge in [-0.1, -0.05) is 37.3 Å². The van der Waals surface area contributed by atoms with Gasteiger partial charge >= 0.3 is 0 Å². The maximum atomic E-state index is 12.7. The largest absolute Gasteiger partial charge is 0.342 e. The summed E-state index contributed by atoms with van der Waals surface area (Å²) in [7, 11) is 4.22. The summed E-state index contributed by atoms with van der Waals surface area (Å²) >= 11 is 0. The van der Waals surface area contributed by atoms with Crippen LogP contribution in [0.1, 0.15) is 31.4 Å². The van der Waals surface area contributed by atoms with Gasteiger partial charge in [-0.2, -0.15) is 0 Å². The zero-order valence-electron chi connectivity index (χ0n) is 14.9. The smallest absolute Gasteiger partial charge is 0.227 e. The SMILES string of the molecule is CC(C(=O)N1CCC(CN(C)C)CC1)C(N)c1ccccc1.Cl.Cl. The zero-order chi connectivity index (χ0) is 16.1. The molecule has 0 spiro atoms. The van der Waals surface area contributed by atoms with Crippen LogP contribution in [0, 0.1) is 11.8 Å². The molecule has 6 heteroatoms. The van der Waals surface area contributed by atoms with E-state index >= 15 is 0 Å². The third kappa shape index (κ3) is 6.25. The number of amides is 1. The summed E-state index contributed by atoms with van der Waals surface area (Å²) in [6.45, 7) is 4.79. The summed E-state index contributed by atoms with van der Waals surface area (Å²) in [4.78, 5) is 16.9.